The van der Waals surface area contributed by atoms with E-state index in [1.54, 1.807) is 0 Å². The molecule has 0 radical (unpaired) electrons. The van der Waals surface area contributed by atoms with Crippen LogP contribution < -0.4 is 5.43 Å². The number of para-hydroxylation sites is 1. The van der Waals surface area contributed by atoms with Crippen LogP contribution in [-0.2, 0) is 4.79 Å². The summed E-state index contributed by atoms with van der Waals surface area (Å²) in [5.74, 6) is -1.71. The number of fused-ring (bicyclic) bond motifs is 1. The molecule has 0 bridgehead atoms. The molecule has 128 valence electrons. The molecule has 2 aromatic carbocycles. The summed E-state index contributed by atoms with van der Waals surface area (Å²) in [5.41, 5.74) is 3.01. The van der Waals surface area contributed by atoms with Crippen molar-refractivity contribution in [2.75, 3.05) is 5.75 Å². The maximum Gasteiger partial charge on any atom is 0.250 e. The largest absolute Gasteiger partial charge is 0.272 e. The van der Waals surface area contributed by atoms with Crippen LogP contribution in [0.2, 0.25) is 0 Å². The lowest BCUT2D eigenvalue weighted by atomic mass is 10.1. The van der Waals surface area contributed by atoms with E-state index in [1.165, 1.54) is 36.1 Å². The number of halogens is 2. The number of hydrazone groups is 1. The van der Waals surface area contributed by atoms with Gasteiger partial charge in [-0.25, -0.2) is 19.2 Å². The van der Waals surface area contributed by atoms with Gasteiger partial charge in [0.05, 0.1) is 27.2 Å². The van der Waals surface area contributed by atoms with Crippen molar-refractivity contribution >= 4 is 44.9 Å². The van der Waals surface area contributed by atoms with E-state index in [1.807, 2.05) is 24.3 Å². The van der Waals surface area contributed by atoms with Gasteiger partial charge in [-0.05, 0) is 31.2 Å². The highest BCUT2D eigenvalue weighted by Crippen LogP contribution is 2.29. The van der Waals surface area contributed by atoms with Crippen molar-refractivity contribution in [3.05, 3.63) is 59.7 Å². The van der Waals surface area contributed by atoms with E-state index in [-0.39, 0.29) is 22.9 Å². The van der Waals surface area contributed by atoms with Crippen LogP contribution in [0.4, 0.5) is 8.78 Å². The van der Waals surface area contributed by atoms with Crippen molar-refractivity contribution in [1.29, 1.82) is 0 Å². The molecule has 0 spiro atoms. The maximum absolute atomic E-state index is 13.7. The smallest absolute Gasteiger partial charge is 0.250 e. The molecule has 0 saturated carbocycles. The lowest BCUT2D eigenvalue weighted by Gasteiger charge is -2.05. The second kappa shape index (κ2) is 7.71. The number of nitrogens with one attached hydrogen (secondary N) is 1. The molecule has 0 unspecified atom stereocenters. The Bertz CT molecular complexity index is 903. The average Bonchev–Trinajstić information content (AvgIpc) is 3.01. The van der Waals surface area contributed by atoms with E-state index in [0.29, 0.717) is 0 Å². The number of thiazole rings is 1. The minimum atomic E-state index is -0.723. The Kier molecular flexibility index (Phi) is 5.40. The van der Waals surface area contributed by atoms with Crippen molar-refractivity contribution in [1.82, 2.24) is 10.4 Å². The van der Waals surface area contributed by atoms with Crippen molar-refractivity contribution < 1.29 is 13.6 Å². The highest BCUT2D eigenvalue weighted by molar-refractivity contribution is 8.01. The summed E-state index contributed by atoms with van der Waals surface area (Å²) in [6.07, 6.45) is 0. The van der Waals surface area contributed by atoms with Crippen LogP contribution in [0.3, 0.4) is 0 Å². The van der Waals surface area contributed by atoms with Crippen molar-refractivity contribution in [2.45, 2.75) is 11.3 Å². The Morgan fingerprint density at radius 1 is 1.20 bits per heavy atom. The fourth-order valence-corrected chi connectivity index (χ4v) is 3.98. The number of nitrogens with zero attached hydrogens (tertiary/aromatic N) is 2. The Labute approximate surface area is 151 Å². The first-order chi connectivity index (χ1) is 12.0. The number of aromatic nitrogens is 1. The zero-order valence-corrected chi connectivity index (χ0v) is 14.8. The number of thioether (sulfide) groups is 1. The fraction of sp³-hybridized carbons (Fsp3) is 0.118. The molecule has 1 heterocycles. The Morgan fingerprint density at radius 2 is 1.92 bits per heavy atom. The third-order valence-electron chi connectivity index (χ3n) is 3.27. The Hall–Kier alpha value is -2.32. The van der Waals surface area contributed by atoms with Gasteiger partial charge in [0.25, 0.3) is 5.91 Å². The average molecular weight is 377 g/mol. The third kappa shape index (κ3) is 4.21. The number of hydrogen-bond acceptors (Lipinski definition) is 5. The molecule has 0 aliphatic rings. The van der Waals surface area contributed by atoms with Crippen molar-refractivity contribution in [3.63, 3.8) is 0 Å². The highest BCUT2D eigenvalue weighted by atomic mass is 32.2. The Morgan fingerprint density at radius 3 is 2.64 bits per heavy atom. The predicted octanol–water partition coefficient (Wildman–Crippen LogP) is 4.21. The van der Waals surface area contributed by atoms with E-state index in [0.717, 1.165) is 26.7 Å². The number of carbonyl (C=O) groups excluding carboxylic acids is 1. The van der Waals surface area contributed by atoms with Gasteiger partial charge >= 0.3 is 0 Å². The first kappa shape index (κ1) is 17.5. The molecule has 4 nitrogen and oxygen atoms in total. The number of amides is 1. The molecule has 1 aromatic heterocycles. The monoisotopic (exact) mass is 377 g/mol. The van der Waals surface area contributed by atoms with Crippen LogP contribution in [0.15, 0.2) is 51.9 Å². The second-order valence-corrected chi connectivity index (χ2v) is 7.32. The van der Waals surface area contributed by atoms with Crippen LogP contribution in [0.25, 0.3) is 10.2 Å². The second-order valence-electron chi connectivity index (χ2n) is 5.07. The molecule has 0 fully saturated rings. The molecule has 0 atom stereocenters. The van der Waals surface area contributed by atoms with Gasteiger partial charge in [-0.3, -0.25) is 4.79 Å². The van der Waals surface area contributed by atoms with Gasteiger partial charge in [0.15, 0.2) is 4.34 Å². The molecule has 8 heteroatoms. The zero-order chi connectivity index (χ0) is 17.8. The predicted molar refractivity (Wildman–Crippen MR) is 97.1 cm³/mol. The number of benzene rings is 2. The van der Waals surface area contributed by atoms with E-state index >= 15 is 0 Å². The summed E-state index contributed by atoms with van der Waals surface area (Å²) < 4.78 is 29.1. The summed E-state index contributed by atoms with van der Waals surface area (Å²) in [6.45, 7) is 1.43. The number of rotatable bonds is 5. The highest BCUT2D eigenvalue weighted by Gasteiger charge is 2.12. The SMILES string of the molecule is C/C(=N/NC(=O)CSc1nc2ccccc2s1)c1c(F)cccc1F. The van der Waals surface area contributed by atoms with Crippen LogP contribution in [0.1, 0.15) is 12.5 Å². The molecule has 0 aliphatic heterocycles. The summed E-state index contributed by atoms with van der Waals surface area (Å²) >= 11 is 2.79. The first-order valence-corrected chi connectivity index (χ1v) is 9.10. The maximum atomic E-state index is 13.7. The van der Waals surface area contributed by atoms with Crippen LogP contribution in [-0.4, -0.2) is 22.4 Å². The molecule has 0 saturated heterocycles. The van der Waals surface area contributed by atoms with Gasteiger partial charge in [0.2, 0.25) is 0 Å². The lowest BCUT2D eigenvalue weighted by molar-refractivity contribution is -0.118. The van der Waals surface area contributed by atoms with Gasteiger partial charge in [-0.2, -0.15) is 5.10 Å². The van der Waals surface area contributed by atoms with Gasteiger partial charge in [0, 0.05) is 0 Å². The zero-order valence-electron chi connectivity index (χ0n) is 13.1. The van der Waals surface area contributed by atoms with Gasteiger partial charge in [-0.1, -0.05) is 30.0 Å². The Balaban J connectivity index is 1.60. The molecule has 1 amide bonds. The summed E-state index contributed by atoms with van der Waals surface area (Å²) in [7, 11) is 0. The molecular formula is C17H13F2N3OS2. The molecule has 25 heavy (non-hydrogen) atoms. The van der Waals surface area contributed by atoms with E-state index in [2.05, 4.69) is 15.5 Å². The standard InChI is InChI=1S/C17H13F2N3OS2/c1-10(16-11(18)5-4-6-12(16)19)21-22-15(23)9-24-17-20-13-7-2-3-8-14(13)25-17/h2-8H,9H2,1H3,(H,22,23)/b21-10-. The van der Waals surface area contributed by atoms with Crippen LogP contribution >= 0.6 is 23.1 Å². The minimum absolute atomic E-state index is 0.0638. The third-order valence-corrected chi connectivity index (χ3v) is 5.45. The van der Waals surface area contributed by atoms with Crippen LogP contribution in [0.5, 0.6) is 0 Å². The van der Waals surface area contributed by atoms with E-state index < -0.39 is 11.6 Å². The molecule has 0 aliphatic carbocycles. The van der Waals surface area contributed by atoms with Crippen molar-refractivity contribution in [2.24, 2.45) is 5.10 Å². The normalized spacial score (nSPS) is 11.7. The fourth-order valence-electron chi connectivity index (χ4n) is 2.12. The number of carbonyl (C=O) groups is 1. The lowest BCUT2D eigenvalue weighted by Crippen LogP contribution is -2.21. The molecule has 3 aromatic rings. The first-order valence-electron chi connectivity index (χ1n) is 7.30. The van der Waals surface area contributed by atoms with Gasteiger partial charge in [0.1, 0.15) is 11.6 Å². The number of hydrogen-bond donors (Lipinski definition) is 1. The van der Waals surface area contributed by atoms with Crippen LogP contribution in [0, 0.1) is 11.6 Å². The van der Waals surface area contributed by atoms with Crippen molar-refractivity contribution in [3.8, 4) is 0 Å². The topological polar surface area (TPSA) is 54.4 Å². The van der Waals surface area contributed by atoms with Gasteiger partial charge < -0.3 is 0 Å². The summed E-state index contributed by atoms with van der Waals surface area (Å²) in [5, 5.41) is 3.78. The summed E-state index contributed by atoms with van der Waals surface area (Å²) in [4.78, 5) is 16.3. The van der Waals surface area contributed by atoms with E-state index in [9.17, 15) is 13.6 Å². The molecular weight excluding hydrogens is 364 g/mol. The minimum Gasteiger partial charge on any atom is -0.272 e. The summed E-state index contributed by atoms with van der Waals surface area (Å²) in [6, 6.07) is 11.3. The van der Waals surface area contributed by atoms with E-state index in [4.69, 9.17) is 0 Å². The van der Waals surface area contributed by atoms with Gasteiger partial charge in [-0.15, -0.1) is 11.3 Å². The quantitative estimate of drug-likeness (QED) is 0.412. The molecule has 3 rings (SSSR count). The molecule has 1 N–H and O–H groups in total.